The molecule has 11 heteroatoms. The van der Waals surface area contributed by atoms with Crippen LogP contribution in [0.2, 0.25) is 0 Å². The first-order valence-electron chi connectivity index (χ1n) is 3.83. The number of carboxylic acid groups (broad SMARTS) is 1. The number of aliphatic carboxylic acids is 1. The van der Waals surface area contributed by atoms with Crippen LogP contribution in [0.5, 0.6) is 0 Å². The Hall–Kier alpha value is -3.40. The van der Waals surface area contributed by atoms with E-state index in [0.717, 1.165) is 6.92 Å². The van der Waals surface area contributed by atoms with Gasteiger partial charge in [0.2, 0.25) is 0 Å². The van der Waals surface area contributed by atoms with Crippen molar-refractivity contribution in [3.8, 4) is 0 Å². The molecular formula is C10H4NiO10. The van der Waals surface area contributed by atoms with Crippen molar-refractivity contribution in [3.05, 3.63) is 0 Å². The molecule has 0 aliphatic heterocycles. The van der Waals surface area contributed by atoms with Crippen LogP contribution >= 0.6 is 0 Å². The Morgan fingerprint density at radius 1 is 0.619 bits per heavy atom. The van der Waals surface area contributed by atoms with Gasteiger partial charge in [0.05, 0.1) is 0 Å². The van der Waals surface area contributed by atoms with Crippen LogP contribution in [0, 0.1) is 0 Å². The maximum atomic E-state index is 10.8. The van der Waals surface area contributed by atoms with Crippen LogP contribution in [0.1, 0.15) is 6.92 Å². The fourth-order valence-corrected chi connectivity index (χ4v) is 1.52. The Balaban J connectivity index is 0. The predicted molar refractivity (Wildman–Crippen MR) is 58.9 cm³/mol. The van der Waals surface area contributed by atoms with Gasteiger partial charge in [-0.2, -0.15) is 0 Å². The molecule has 0 aromatic heterocycles. The molecule has 21 heavy (non-hydrogen) atoms. The van der Waals surface area contributed by atoms with Crippen molar-refractivity contribution >= 4 is 44.8 Å². The number of carboxylic acids is 1. The summed E-state index contributed by atoms with van der Waals surface area (Å²) in [5.41, 5.74) is 0. The molecule has 0 rings (SSSR count). The Kier molecular flexibility index (Phi) is 3.03. The van der Waals surface area contributed by atoms with E-state index in [-0.39, 0.29) is 38.9 Å². The molecule has 0 radical (unpaired) electrons. The second kappa shape index (κ2) is 3.19. The standard InChI is InChI=1S/C2H4O2.8CO.Ni/c1-2(3)4;8*1-2;/h1H3,(H,3,4);;;;;;;;;. The first kappa shape index (κ1) is 19.9. The molecule has 114 valence electrons. The van der Waals surface area contributed by atoms with Crippen molar-refractivity contribution in [2.45, 2.75) is 6.92 Å². The molecule has 0 aromatic carbocycles. The molecule has 0 saturated carbocycles. The van der Waals surface area contributed by atoms with Gasteiger partial charge in [0, 0.05) is 6.92 Å². The third kappa shape index (κ3) is 1.28. The maximum absolute atomic E-state index is 10.8. The molecular weight excluding hydrogens is 339 g/mol. The van der Waals surface area contributed by atoms with Crippen LogP contribution in [0.3, 0.4) is 0 Å². The van der Waals surface area contributed by atoms with Gasteiger partial charge in [0.25, 0.3) is 5.97 Å². The summed E-state index contributed by atoms with van der Waals surface area (Å²) in [6.45, 7) is 1.08. The second-order valence-corrected chi connectivity index (χ2v) is 11.8. The zero-order valence-corrected chi connectivity index (χ0v) is 10.9. The molecule has 10 nitrogen and oxygen atoms in total. The molecule has 0 saturated heterocycles. The summed E-state index contributed by atoms with van der Waals surface area (Å²) < 4.78 is 0. The van der Waals surface area contributed by atoms with Crippen LogP contribution in [0.4, 0.5) is 0 Å². The van der Waals surface area contributed by atoms with E-state index in [2.05, 4.69) is 0 Å². The van der Waals surface area contributed by atoms with Gasteiger partial charge in [-0.25, -0.2) is 0 Å². The van der Waals surface area contributed by atoms with E-state index >= 15 is 0 Å². The van der Waals surface area contributed by atoms with Crippen molar-refractivity contribution in [2.24, 2.45) is 0 Å². The Bertz CT molecular complexity index is 1500. The minimum atomic E-state index is -9.52. The van der Waals surface area contributed by atoms with Crippen LogP contribution in [-0.2, 0) is 48.0 Å². The average molecular weight is 343 g/mol. The third-order valence-electron chi connectivity index (χ3n) is 1.81. The van der Waals surface area contributed by atoms with E-state index in [0.29, 0.717) is 0 Å². The van der Waals surface area contributed by atoms with Gasteiger partial charge in [-0.3, -0.25) is 4.79 Å². The number of carbonyl (C=O) groups excluding carboxylic acids is 8. The zero-order chi connectivity index (χ0) is 17.6. The monoisotopic (exact) mass is 342 g/mol. The Labute approximate surface area is 105 Å². The summed E-state index contributed by atoms with van der Waals surface area (Å²) in [5.74, 6) is -0.833. The second-order valence-electron chi connectivity index (χ2n) is 3.25. The van der Waals surface area contributed by atoms with E-state index in [1.54, 1.807) is 0 Å². The summed E-state index contributed by atoms with van der Waals surface area (Å²) in [6, 6.07) is 0. The van der Waals surface area contributed by atoms with Gasteiger partial charge in [-0.05, 0) is 0 Å². The van der Waals surface area contributed by atoms with Gasteiger partial charge >= 0.3 is 82.0 Å². The van der Waals surface area contributed by atoms with Crippen molar-refractivity contribution in [1.82, 2.24) is 0 Å². The van der Waals surface area contributed by atoms with Crippen molar-refractivity contribution < 1.29 is 53.1 Å². The van der Waals surface area contributed by atoms with Gasteiger partial charge in [0.1, 0.15) is 0 Å². The number of hydrogen-bond acceptors (Lipinski definition) is 9. The minimum absolute atomic E-state index is 0.0781. The van der Waals surface area contributed by atoms with E-state index in [9.17, 15) is 38.4 Å². The van der Waals surface area contributed by atoms with E-state index in [1.807, 2.05) is 0 Å². The molecule has 0 aliphatic rings. The summed E-state index contributed by atoms with van der Waals surface area (Å²) in [5, 5.41) is 7.42. The summed E-state index contributed by atoms with van der Waals surface area (Å²) in [4.78, 5) is 85.4. The third-order valence-corrected chi connectivity index (χ3v) is 7.45. The number of hydrogen-bond donors (Lipinski definition) is 1. The quantitative estimate of drug-likeness (QED) is 0.444. The van der Waals surface area contributed by atoms with Crippen molar-refractivity contribution in [2.75, 3.05) is 0 Å². The van der Waals surface area contributed by atoms with E-state index in [1.165, 1.54) is 0 Å². The van der Waals surface area contributed by atoms with Gasteiger partial charge in [0.15, 0.2) is 0 Å². The first-order valence-corrected chi connectivity index (χ1v) is 7.78. The molecule has 0 bridgehead atoms. The summed E-state index contributed by atoms with van der Waals surface area (Å²) >= 11 is 0. The van der Waals surface area contributed by atoms with Crippen LogP contribution in [0.15, 0.2) is 0 Å². The zero-order valence-electron chi connectivity index (χ0n) is 9.94. The fourth-order valence-electron chi connectivity index (χ4n) is 0.369. The summed E-state index contributed by atoms with van der Waals surface area (Å²) in [6.07, 6.45) is 0. The van der Waals surface area contributed by atoms with Crippen LogP contribution in [0.25, 0.3) is 0 Å². The number of carbonyl (C=O) groups is 1. The predicted octanol–water partition coefficient (Wildman–Crippen LogP) is -3.09. The molecule has 0 aliphatic carbocycles. The van der Waals surface area contributed by atoms with Crippen LogP contribution in [-0.4, -0.2) is 49.9 Å². The number of rotatable bonds is 0. The van der Waals surface area contributed by atoms with Gasteiger partial charge < -0.3 is 5.11 Å². The molecule has 0 atom stereocenters. The topological polar surface area (TPSA) is 174 Å². The fraction of sp³-hybridized carbons (Fsp3) is 0.100. The van der Waals surface area contributed by atoms with Crippen molar-refractivity contribution in [1.29, 1.82) is 0 Å². The average Bonchev–Trinajstić information content (AvgIpc) is 2.55. The molecule has 0 unspecified atom stereocenters. The van der Waals surface area contributed by atoms with Crippen LogP contribution < -0.4 is 0 Å². The van der Waals surface area contributed by atoms with Gasteiger partial charge in [-0.1, -0.05) is 0 Å². The van der Waals surface area contributed by atoms with Gasteiger partial charge in [-0.15, -0.1) is 0 Å². The Morgan fingerprint density at radius 2 is 0.714 bits per heavy atom. The normalized spacial score (nSPS) is 15.7. The molecule has 0 amide bonds. The SMILES string of the molecule is CC(=O)O.O=[C]=[Ni](=[C]=O)(=[C]=O)(=[C]=O)(=[C]=O)(=[C]=O)(=[C]=O)=[C]=O. The first-order chi connectivity index (χ1) is 9.39. The Morgan fingerprint density at radius 3 is 0.714 bits per heavy atom. The molecule has 0 aromatic rings. The molecule has 0 fully saturated rings. The van der Waals surface area contributed by atoms with E-state index in [4.69, 9.17) is 9.90 Å². The molecule has 1 N–H and O–H groups in total. The van der Waals surface area contributed by atoms with Crippen molar-refractivity contribution in [3.63, 3.8) is 0 Å². The molecule has 0 heterocycles. The van der Waals surface area contributed by atoms with E-state index < -0.39 is 10.8 Å². The summed E-state index contributed by atoms with van der Waals surface area (Å²) in [7, 11) is 0. The molecule has 0 spiro atoms.